The maximum absolute atomic E-state index is 12.4. The Balaban J connectivity index is 0.00000113. The summed E-state index contributed by atoms with van der Waals surface area (Å²) >= 11 is 0. The number of hydrogen-bond acceptors (Lipinski definition) is 4. The molecule has 2 atom stereocenters. The van der Waals surface area contributed by atoms with Gasteiger partial charge in [-0.05, 0) is 29.7 Å². The van der Waals surface area contributed by atoms with Crippen LogP contribution in [0.15, 0.2) is 48.5 Å². The second-order valence-corrected chi connectivity index (χ2v) is 5.84. The second kappa shape index (κ2) is 7.82. The summed E-state index contributed by atoms with van der Waals surface area (Å²) in [6.45, 7) is 0.139. The summed E-state index contributed by atoms with van der Waals surface area (Å²) in [6.07, 6.45) is 0.765. The average molecular weight is 380 g/mol. The molecule has 4 rings (SSSR count). The molecule has 6 nitrogen and oxygen atoms in total. The quantitative estimate of drug-likeness (QED) is 0.728. The molecule has 0 saturated heterocycles. The smallest absolute Gasteiger partial charge is 0.242 e. The monoisotopic (exact) mass is 379 g/mol. The van der Waals surface area contributed by atoms with Gasteiger partial charge in [0.15, 0.2) is 0 Å². The van der Waals surface area contributed by atoms with Crippen molar-refractivity contribution >= 4 is 41.8 Å². The molecule has 3 aromatic rings. The number of para-hydroxylation sites is 1. The van der Waals surface area contributed by atoms with Crippen molar-refractivity contribution in [3.8, 4) is 0 Å². The molecule has 1 aliphatic carbocycles. The zero-order valence-corrected chi connectivity index (χ0v) is 15.0. The lowest BCUT2D eigenvalue weighted by atomic mass is 10.1. The van der Waals surface area contributed by atoms with E-state index in [4.69, 9.17) is 5.73 Å². The van der Waals surface area contributed by atoms with E-state index < -0.39 is 0 Å². The van der Waals surface area contributed by atoms with Crippen molar-refractivity contribution in [2.24, 2.45) is 5.73 Å². The number of nitrogens with two attached hydrogens (primary N) is 1. The Morgan fingerprint density at radius 2 is 1.88 bits per heavy atom. The minimum absolute atomic E-state index is 0. The highest BCUT2D eigenvalue weighted by molar-refractivity contribution is 5.85. The summed E-state index contributed by atoms with van der Waals surface area (Å²) in [7, 11) is 0. The van der Waals surface area contributed by atoms with Gasteiger partial charge in [-0.1, -0.05) is 41.6 Å². The van der Waals surface area contributed by atoms with E-state index in [0.29, 0.717) is 0 Å². The van der Waals surface area contributed by atoms with Gasteiger partial charge in [0.25, 0.3) is 0 Å². The Labute approximate surface area is 157 Å². The summed E-state index contributed by atoms with van der Waals surface area (Å²) in [5.74, 6) is -0.103. The van der Waals surface area contributed by atoms with Gasteiger partial charge < -0.3 is 11.1 Å². The van der Waals surface area contributed by atoms with Gasteiger partial charge >= 0.3 is 0 Å². The Hall–Kier alpha value is -2.15. The number of carbonyl (C=O) groups excluding carboxylic acids is 1. The molecule has 0 spiro atoms. The van der Waals surface area contributed by atoms with Gasteiger partial charge in [0.05, 0.1) is 17.6 Å². The first kappa shape index (κ1) is 19.2. The Morgan fingerprint density at radius 3 is 2.68 bits per heavy atom. The van der Waals surface area contributed by atoms with Crippen LogP contribution < -0.4 is 11.1 Å². The predicted octanol–water partition coefficient (Wildman–Crippen LogP) is 2.02. The van der Waals surface area contributed by atoms with E-state index >= 15 is 0 Å². The van der Waals surface area contributed by atoms with Crippen molar-refractivity contribution in [1.82, 2.24) is 20.3 Å². The molecule has 3 N–H and O–H groups in total. The van der Waals surface area contributed by atoms with Gasteiger partial charge in [-0.2, -0.15) is 0 Å². The highest BCUT2D eigenvalue weighted by Crippen LogP contribution is 2.29. The molecule has 2 aromatic carbocycles. The molecule has 8 heteroatoms. The lowest BCUT2D eigenvalue weighted by molar-refractivity contribution is -0.122. The normalized spacial score (nSPS) is 18.1. The Morgan fingerprint density at radius 1 is 1.16 bits per heavy atom. The lowest BCUT2D eigenvalue weighted by Crippen LogP contribution is -2.42. The van der Waals surface area contributed by atoms with Crippen LogP contribution in [0.25, 0.3) is 11.0 Å². The standard InChI is InChI=1S/C17H17N5O.2ClH/c18-17-12-6-2-1-5-11(12)9-14(17)19-16(23)10-22-15-8-4-3-7-13(15)20-21-22;;/h1-8,14,17H,9-10,18H2,(H,19,23);2*1H/t14-,17-;;/m1../s1. The van der Waals surface area contributed by atoms with Gasteiger partial charge in [-0.3, -0.25) is 4.79 Å². The van der Waals surface area contributed by atoms with Gasteiger partial charge in [-0.15, -0.1) is 29.9 Å². The number of hydrogen-bond donors (Lipinski definition) is 2. The van der Waals surface area contributed by atoms with Crippen LogP contribution in [0.3, 0.4) is 0 Å². The third kappa shape index (κ3) is 3.61. The number of halogens is 2. The zero-order valence-electron chi connectivity index (χ0n) is 13.3. The second-order valence-electron chi connectivity index (χ2n) is 5.84. The molecule has 0 unspecified atom stereocenters. The van der Waals surface area contributed by atoms with Crippen molar-refractivity contribution in [1.29, 1.82) is 0 Å². The summed E-state index contributed by atoms with van der Waals surface area (Å²) in [6, 6.07) is 15.4. The van der Waals surface area contributed by atoms with Crippen LogP contribution in [-0.4, -0.2) is 26.9 Å². The number of benzene rings is 2. The van der Waals surface area contributed by atoms with E-state index in [1.165, 1.54) is 5.56 Å². The van der Waals surface area contributed by atoms with E-state index in [2.05, 4.69) is 21.7 Å². The third-order valence-electron chi connectivity index (χ3n) is 4.35. The number of rotatable bonds is 3. The predicted molar refractivity (Wildman–Crippen MR) is 101 cm³/mol. The largest absolute Gasteiger partial charge is 0.350 e. The molecular weight excluding hydrogens is 361 g/mol. The van der Waals surface area contributed by atoms with E-state index in [-0.39, 0.29) is 49.3 Å². The topological polar surface area (TPSA) is 85.8 Å². The number of carbonyl (C=O) groups is 1. The Kier molecular flexibility index (Phi) is 6.00. The van der Waals surface area contributed by atoms with Crippen molar-refractivity contribution in [2.45, 2.75) is 25.0 Å². The van der Waals surface area contributed by atoms with Crippen LogP contribution in [0.4, 0.5) is 0 Å². The number of nitrogens with one attached hydrogen (secondary N) is 1. The van der Waals surface area contributed by atoms with Crippen LogP contribution in [0.1, 0.15) is 17.2 Å². The van der Waals surface area contributed by atoms with E-state index in [9.17, 15) is 4.79 Å². The first-order valence-corrected chi connectivity index (χ1v) is 7.63. The van der Waals surface area contributed by atoms with Crippen molar-refractivity contribution in [3.63, 3.8) is 0 Å². The molecule has 0 saturated carbocycles. The number of amides is 1. The first-order chi connectivity index (χ1) is 11.2. The maximum Gasteiger partial charge on any atom is 0.242 e. The lowest BCUT2D eigenvalue weighted by Gasteiger charge is -2.18. The van der Waals surface area contributed by atoms with Crippen molar-refractivity contribution in [3.05, 3.63) is 59.7 Å². The van der Waals surface area contributed by atoms with E-state index in [0.717, 1.165) is 23.0 Å². The van der Waals surface area contributed by atoms with Crippen LogP contribution >= 0.6 is 24.8 Å². The summed E-state index contributed by atoms with van der Waals surface area (Å²) in [4.78, 5) is 12.4. The number of nitrogens with zero attached hydrogens (tertiary/aromatic N) is 3. The van der Waals surface area contributed by atoms with Crippen LogP contribution in [0.2, 0.25) is 0 Å². The highest BCUT2D eigenvalue weighted by Gasteiger charge is 2.30. The van der Waals surface area contributed by atoms with Crippen LogP contribution in [0.5, 0.6) is 0 Å². The van der Waals surface area contributed by atoms with Crippen molar-refractivity contribution in [2.75, 3.05) is 0 Å². The van der Waals surface area contributed by atoms with Gasteiger partial charge in [0, 0.05) is 0 Å². The minimum Gasteiger partial charge on any atom is -0.350 e. The maximum atomic E-state index is 12.4. The van der Waals surface area contributed by atoms with E-state index in [1.54, 1.807) is 4.68 Å². The molecule has 1 heterocycles. The fraction of sp³-hybridized carbons (Fsp3) is 0.235. The molecule has 1 aromatic heterocycles. The van der Waals surface area contributed by atoms with Crippen LogP contribution in [-0.2, 0) is 17.8 Å². The highest BCUT2D eigenvalue weighted by atomic mass is 35.5. The SMILES string of the molecule is Cl.Cl.N[C@@H]1c2ccccc2C[C@H]1NC(=O)Cn1nnc2ccccc21. The fourth-order valence-electron chi connectivity index (χ4n) is 3.19. The summed E-state index contributed by atoms with van der Waals surface area (Å²) < 4.78 is 1.61. The van der Waals surface area contributed by atoms with Crippen LogP contribution in [0, 0.1) is 0 Å². The summed E-state index contributed by atoms with van der Waals surface area (Å²) in [5.41, 5.74) is 10.2. The van der Waals surface area contributed by atoms with Crippen molar-refractivity contribution < 1.29 is 4.79 Å². The number of fused-ring (bicyclic) bond motifs is 2. The molecular formula is C17H19Cl2N5O. The molecule has 1 amide bonds. The van der Waals surface area contributed by atoms with E-state index in [1.807, 2.05) is 42.5 Å². The Bertz CT molecular complexity index is 882. The molecule has 25 heavy (non-hydrogen) atoms. The molecule has 1 aliphatic rings. The number of aromatic nitrogens is 3. The fourth-order valence-corrected chi connectivity index (χ4v) is 3.19. The summed E-state index contributed by atoms with van der Waals surface area (Å²) in [5, 5.41) is 11.1. The third-order valence-corrected chi connectivity index (χ3v) is 4.35. The minimum atomic E-state index is -0.164. The molecule has 0 radical (unpaired) electrons. The average Bonchev–Trinajstić information content (AvgIpc) is 3.10. The molecule has 0 fully saturated rings. The molecule has 132 valence electrons. The van der Waals surface area contributed by atoms with Gasteiger partial charge in [0.2, 0.25) is 5.91 Å². The van der Waals surface area contributed by atoms with Gasteiger partial charge in [-0.25, -0.2) is 4.68 Å². The molecule has 0 bridgehead atoms. The zero-order chi connectivity index (χ0) is 15.8. The molecule has 0 aliphatic heterocycles. The van der Waals surface area contributed by atoms with Gasteiger partial charge in [0.1, 0.15) is 12.1 Å². The first-order valence-electron chi connectivity index (χ1n) is 7.63.